The van der Waals surface area contributed by atoms with Crippen molar-refractivity contribution in [2.45, 2.75) is 26.9 Å². The zero-order chi connectivity index (χ0) is 17.4. The number of anilines is 1. The highest BCUT2D eigenvalue weighted by molar-refractivity contribution is 14.0. The molecule has 136 valence electrons. The minimum Gasteiger partial charge on any atom is -0.491 e. The van der Waals surface area contributed by atoms with Gasteiger partial charge >= 0.3 is 0 Å². The van der Waals surface area contributed by atoms with Crippen molar-refractivity contribution in [2.75, 3.05) is 18.5 Å². The second-order valence-corrected chi connectivity index (χ2v) is 5.70. The molecule has 0 spiro atoms. The summed E-state index contributed by atoms with van der Waals surface area (Å²) >= 11 is 0. The summed E-state index contributed by atoms with van der Waals surface area (Å²) in [6.45, 7) is 6.98. The van der Waals surface area contributed by atoms with E-state index in [0.717, 1.165) is 22.7 Å². The maximum atomic E-state index is 5.89. The van der Waals surface area contributed by atoms with Crippen molar-refractivity contribution in [2.24, 2.45) is 10.7 Å². The standard InChI is InChI=1S/C19H25N3O2.HI/c1-14(2)24-17-10-8-16(9-11-17)22-19(20)21-12-13-23-18-7-5-4-6-15(18)3;/h4-11,14H,12-13H2,1-3H3,(H3,20,21,22);1H. The largest absolute Gasteiger partial charge is 0.491 e. The number of halogens is 1. The van der Waals surface area contributed by atoms with Gasteiger partial charge in [0.25, 0.3) is 0 Å². The summed E-state index contributed by atoms with van der Waals surface area (Å²) in [5.41, 5.74) is 7.86. The number of aliphatic imine (C=N–C) groups is 1. The van der Waals surface area contributed by atoms with Crippen LogP contribution in [-0.2, 0) is 0 Å². The molecule has 0 radical (unpaired) electrons. The molecule has 0 saturated carbocycles. The normalized spacial score (nSPS) is 11.0. The van der Waals surface area contributed by atoms with Crippen molar-refractivity contribution in [3.05, 3.63) is 54.1 Å². The summed E-state index contributed by atoms with van der Waals surface area (Å²) in [5, 5.41) is 3.05. The molecule has 0 fully saturated rings. The first-order valence-electron chi connectivity index (χ1n) is 8.06. The Bertz CT molecular complexity index is 673. The summed E-state index contributed by atoms with van der Waals surface area (Å²) < 4.78 is 11.3. The van der Waals surface area contributed by atoms with Crippen molar-refractivity contribution in [3.63, 3.8) is 0 Å². The van der Waals surface area contributed by atoms with Gasteiger partial charge in [0.05, 0.1) is 12.6 Å². The minimum absolute atomic E-state index is 0. The minimum atomic E-state index is 0. The summed E-state index contributed by atoms with van der Waals surface area (Å²) in [6.07, 6.45) is 0.156. The molecule has 6 heteroatoms. The first kappa shape index (κ1) is 21.1. The van der Waals surface area contributed by atoms with E-state index in [1.165, 1.54) is 0 Å². The van der Waals surface area contributed by atoms with Crippen LogP contribution in [0.3, 0.4) is 0 Å². The maximum absolute atomic E-state index is 5.89. The second kappa shape index (κ2) is 10.8. The Morgan fingerprint density at radius 3 is 2.44 bits per heavy atom. The first-order chi connectivity index (χ1) is 11.5. The fourth-order valence-corrected chi connectivity index (χ4v) is 2.12. The Balaban J connectivity index is 0.00000312. The Kier molecular flexibility index (Phi) is 9.12. The summed E-state index contributed by atoms with van der Waals surface area (Å²) in [4.78, 5) is 4.26. The number of nitrogens with one attached hydrogen (secondary N) is 1. The molecule has 0 aliphatic rings. The van der Waals surface area contributed by atoms with E-state index in [4.69, 9.17) is 15.2 Å². The zero-order valence-electron chi connectivity index (χ0n) is 14.9. The van der Waals surface area contributed by atoms with Crippen LogP contribution < -0.4 is 20.5 Å². The third-order valence-corrected chi connectivity index (χ3v) is 3.22. The third kappa shape index (κ3) is 7.64. The highest BCUT2D eigenvalue weighted by atomic mass is 127. The van der Waals surface area contributed by atoms with Gasteiger partial charge in [0.2, 0.25) is 0 Å². The molecular weight excluding hydrogens is 429 g/mol. The van der Waals surface area contributed by atoms with Crippen molar-refractivity contribution >= 4 is 35.6 Å². The van der Waals surface area contributed by atoms with Crippen LogP contribution >= 0.6 is 24.0 Å². The maximum Gasteiger partial charge on any atom is 0.193 e. The number of nitrogens with two attached hydrogens (primary N) is 1. The predicted molar refractivity (Wildman–Crippen MR) is 114 cm³/mol. The molecule has 0 heterocycles. The summed E-state index contributed by atoms with van der Waals surface area (Å²) in [7, 11) is 0. The molecule has 3 N–H and O–H groups in total. The van der Waals surface area contributed by atoms with Crippen LogP contribution in [0.5, 0.6) is 11.5 Å². The van der Waals surface area contributed by atoms with Crippen molar-refractivity contribution in [3.8, 4) is 11.5 Å². The molecule has 0 aliphatic heterocycles. The number of ether oxygens (including phenoxy) is 2. The molecule has 2 aromatic carbocycles. The molecule has 5 nitrogen and oxygen atoms in total. The van der Waals surface area contributed by atoms with Crippen molar-refractivity contribution in [1.82, 2.24) is 0 Å². The Hall–Kier alpha value is -1.96. The molecule has 0 amide bonds. The second-order valence-electron chi connectivity index (χ2n) is 5.70. The van der Waals surface area contributed by atoms with Crippen LogP contribution in [0.4, 0.5) is 5.69 Å². The molecule has 25 heavy (non-hydrogen) atoms. The summed E-state index contributed by atoms with van der Waals surface area (Å²) in [5.74, 6) is 2.07. The third-order valence-electron chi connectivity index (χ3n) is 3.22. The highest BCUT2D eigenvalue weighted by Crippen LogP contribution is 2.17. The number of hydrogen-bond acceptors (Lipinski definition) is 3. The smallest absolute Gasteiger partial charge is 0.193 e. The topological polar surface area (TPSA) is 68.9 Å². The van der Waals surface area contributed by atoms with E-state index in [-0.39, 0.29) is 30.1 Å². The van der Waals surface area contributed by atoms with Gasteiger partial charge in [-0.1, -0.05) is 18.2 Å². The highest BCUT2D eigenvalue weighted by Gasteiger charge is 2.00. The average molecular weight is 455 g/mol. The van der Waals surface area contributed by atoms with Crippen LogP contribution in [-0.4, -0.2) is 25.2 Å². The van der Waals surface area contributed by atoms with Gasteiger partial charge in [-0.2, -0.15) is 0 Å². The zero-order valence-corrected chi connectivity index (χ0v) is 17.2. The number of hydrogen-bond donors (Lipinski definition) is 2. The molecule has 0 bridgehead atoms. The van der Waals surface area contributed by atoms with Crippen LogP contribution in [0.2, 0.25) is 0 Å². The van der Waals surface area contributed by atoms with Gasteiger partial charge < -0.3 is 20.5 Å². The lowest BCUT2D eigenvalue weighted by molar-refractivity contribution is 0.242. The molecule has 0 aromatic heterocycles. The van der Waals surface area contributed by atoms with Crippen molar-refractivity contribution < 1.29 is 9.47 Å². The molecule has 0 saturated heterocycles. The molecular formula is C19H26IN3O2. The van der Waals surface area contributed by atoms with Gasteiger partial charge in [0.15, 0.2) is 5.96 Å². The van der Waals surface area contributed by atoms with Crippen LogP contribution in [0.25, 0.3) is 0 Å². The van der Waals surface area contributed by atoms with E-state index >= 15 is 0 Å². The van der Waals surface area contributed by atoms with E-state index in [1.807, 2.05) is 69.3 Å². The number of benzene rings is 2. The van der Waals surface area contributed by atoms with Gasteiger partial charge in [0, 0.05) is 5.69 Å². The number of aryl methyl sites for hydroxylation is 1. The first-order valence-corrected chi connectivity index (χ1v) is 8.06. The van der Waals surface area contributed by atoms with E-state index in [2.05, 4.69) is 10.3 Å². The van der Waals surface area contributed by atoms with Crippen LogP contribution in [0.15, 0.2) is 53.5 Å². The van der Waals surface area contributed by atoms with Gasteiger partial charge in [-0.05, 0) is 56.7 Å². The monoisotopic (exact) mass is 455 g/mol. The van der Waals surface area contributed by atoms with Gasteiger partial charge in [-0.15, -0.1) is 24.0 Å². The fourth-order valence-electron chi connectivity index (χ4n) is 2.12. The van der Waals surface area contributed by atoms with Crippen molar-refractivity contribution in [1.29, 1.82) is 0 Å². The molecule has 2 aromatic rings. The van der Waals surface area contributed by atoms with Gasteiger partial charge in [-0.3, -0.25) is 0 Å². The lowest BCUT2D eigenvalue weighted by Gasteiger charge is -2.11. The number of guanidine groups is 1. The van der Waals surface area contributed by atoms with E-state index in [1.54, 1.807) is 0 Å². The summed E-state index contributed by atoms with van der Waals surface area (Å²) in [6, 6.07) is 15.5. The molecule has 0 atom stereocenters. The lowest BCUT2D eigenvalue weighted by Crippen LogP contribution is -2.23. The lowest BCUT2D eigenvalue weighted by atomic mass is 10.2. The molecule has 0 aliphatic carbocycles. The van der Waals surface area contributed by atoms with E-state index in [0.29, 0.717) is 19.1 Å². The molecule has 2 rings (SSSR count). The SMILES string of the molecule is Cc1ccccc1OCCN=C(N)Nc1ccc(OC(C)C)cc1.I. The van der Waals surface area contributed by atoms with E-state index < -0.39 is 0 Å². The Morgan fingerprint density at radius 2 is 1.80 bits per heavy atom. The quantitative estimate of drug-likeness (QED) is 0.284. The van der Waals surface area contributed by atoms with Crippen LogP contribution in [0.1, 0.15) is 19.4 Å². The number of rotatable bonds is 7. The van der Waals surface area contributed by atoms with Gasteiger partial charge in [0.1, 0.15) is 18.1 Å². The average Bonchev–Trinajstić information content (AvgIpc) is 2.54. The number of nitrogens with zero attached hydrogens (tertiary/aromatic N) is 1. The van der Waals surface area contributed by atoms with Gasteiger partial charge in [-0.25, -0.2) is 4.99 Å². The molecule has 0 unspecified atom stereocenters. The van der Waals surface area contributed by atoms with Crippen LogP contribution in [0, 0.1) is 6.92 Å². The fraction of sp³-hybridized carbons (Fsp3) is 0.316. The number of para-hydroxylation sites is 1. The van der Waals surface area contributed by atoms with E-state index in [9.17, 15) is 0 Å². The Morgan fingerprint density at radius 1 is 1.12 bits per heavy atom. The predicted octanol–water partition coefficient (Wildman–Crippen LogP) is 4.21. The Labute approximate surface area is 166 Å².